The van der Waals surface area contributed by atoms with Gasteiger partial charge in [-0.1, -0.05) is 37.1 Å². The van der Waals surface area contributed by atoms with Gasteiger partial charge in [0.1, 0.15) is 5.65 Å². The summed E-state index contributed by atoms with van der Waals surface area (Å²) >= 11 is 6.17. The molecule has 0 aliphatic carbocycles. The van der Waals surface area contributed by atoms with E-state index < -0.39 is 17.7 Å². The van der Waals surface area contributed by atoms with Gasteiger partial charge in [0.15, 0.2) is 6.10 Å². The van der Waals surface area contributed by atoms with Crippen molar-refractivity contribution in [3.63, 3.8) is 0 Å². The van der Waals surface area contributed by atoms with Crippen LogP contribution in [-0.4, -0.2) is 26.2 Å². The lowest BCUT2D eigenvalue weighted by molar-refractivity contribution is -0.160. The van der Waals surface area contributed by atoms with Gasteiger partial charge in [-0.2, -0.15) is 0 Å². The van der Waals surface area contributed by atoms with Gasteiger partial charge < -0.3 is 14.4 Å². The first-order valence-corrected chi connectivity index (χ1v) is 11.5. The highest BCUT2D eigenvalue weighted by molar-refractivity contribution is 6.30. The maximum atomic E-state index is 12.4. The van der Waals surface area contributed by atoms with Crippen LogP contribution in [0.4, 0.5) is 0 Å². The molecule has 0 bridgehead atoms. The lowest BCUT2D eigenvalue weighted by Gasteiger charge is -2.28. The third kappa shape index (κ3) is 4.69. The SMILES string of the molecule is CCCCn1c(C)c(C)c2c(-c3ccc(Cl)cc3)c(C(OC(C)(C)C)C(=O)O)c(C)nc21. The molecule has 32 heavy (non-hydrogen) atoms. The maximum absolute atomic E-state index is 12.4. The summed E-state index contributed by atoms with van der Waals surface area (Å²) in [6.45, 7) is 14.7. The minimum absolute atomic E-state index is 0.595. The van der Waals surface area contributed by atoms with Crippen LogP contribution >= 0.6 is 11.6 Å². The highest BCUT2D eigenvalue weighted by atomic mass is 35.5. The molecule has 1 N–H and O–H groups in total. The van der Waals surface area contributed by atoms with Crippen molar-refractivity contribution in [3.8, 4) is 11.1 Å². The quantitative estimate of drug-likeness (QED) is 0.414. The molecule has 6 heteroatoms. The number of carboxylic acid groups (broad SMARTS) is 1. The van der Waals surface area contributed by atoms with E-state index in [1.165, 1.54) is 0 Å². The molecule has 1 unspecified atom stereocenters. The Morgan fingerprint density at radius 3 is 2.34 bits per heavy atom. The zero-order chi connectivity index (χ0) is 23.8. The molecule has 1 atom stereocenters. The Hall–Kier alpha value is -2.37. The molecule has 3 rings (SSSR count). The van der Waals surface area contributed by atoms with Gasteiger partial charge in [0.05, 0.1) is 5.60 Å². The molecule has 3 aromatic rings. The summed E-state index contributed by atoms with van der Waals surface area (Å²) < 4.78 is 8.33. The Morgan fingerprint density at radius 2 is 1.81 bits per heavy atom. The largest absolute Gasteiger partial charge is 0.479 e. The van der Waals surface area contributed by atoms with Crippen LogP contribution in [0.15, 0.2) is 24.3 Å². The number of unbranched alkanes of at least 4 members (excludes halogenated alkanes) is 1. The molecule has 0 spiro atoms. The van der Waals surface area contributed by atoms with Gasteiger partial charge in [0.25, 0.3) is 0 Å². The Bertz CT molecular complexity index is 1140. The average molecular weight is 457 g/mol. The topological polar surface area (TPSA) is 64.3 Å². The number of hydrogen-bond acceptors (Lipinski definition) is 3. The van der Waals surface area contributed by atoms with Crippen LogP contribution in [0.5, 0.6) is 0 Å². The first-order chi connectivity index (χ1) is 15.0. The van der Waals surface area contributed by atoms with Crippen LogP contribution in [0, 0.1) is 20.8 Å². The Kier molecular flexibility index (Phi) is 7.01. The van der Waals surface area contributed by atoms with Crippen molar-refractivity contribution in [3.05, 3.63) is 51.8 Å². The Balaban J connectivity index is 2.45. The van der Waals surface area contributed by atoms with E-state index in [4.69, 9.17) is 21.3 Å². The zero-order valence-corrected chi connectivity index (χ0v) is 20.8. The molecule has 1 aromatic carbocycles. The Labute approximate surface area is 195 Å². The third-order valence-corrected chi connectivity index (χ3v) is 6.06. The smallest absolute Gasteiger partial charge is 0.337 e. The minimum Gasteiger partial charge on any atom is -0.479 e. The van der Waals surface area contributed by atoms with Gasteiger partial charge >= 0.3 is 5.97 Å². The Morgan fingerprint density at radius 1 is 1.19 bits per heavy atom. The van der Waals surface area contributed by atoms with Crippen molar-refractivity contribution in [1.29, 1.82) is 0 Å². The van der Waals surface area contributed by atoms with Crippen molar-refractivity contribution in [1.82, 2.24) is 9.55 Å². The molecule has 172 valence electrons. The molecule has 0 radical (unpaired) electrons. The van der Waals surface area contributed by atoms with E-state index in [0.29, 0.717) is 16.3 Å². The standard InChI is InChI=1S/C26H33ClN2O3/c1-8-9-14-29-17(4)15(2)20-22(18-10-12-19(27)13-11-18)21(16(3)28-24(20)29)23(25(30)31)32-26(5,6)7/h10-13,23H,8-9,14H2,1-7H3,(H,30,31). The number of carbonyl (C=O) groups is 1. The fourth-order valence-corrected chi connectivity index (χ4v) is 4.33. The van der Waals surface area contributed by atoms with Crippen molar-refractivity contribution in [2.75, 3.05) is 0 Å². The molecule has 2 aromatic heterocycles. The number of nitrogens with zero attached hydrogens (tertiary/aromatic N) is 2. The van der Waals surface area contributed by atoms with Crippen LogP contribution < -0.4 is 0 Å². The predicted octanol–water partition coefficient (Wildman–Crippen LogP) is 7.02. The van der Waals surface area contributed by atoms with Gasteiger partial charge in [0.2, 0.25) is 0 Å². The molecule has 0 aliphatic rings. The fourth-order valence-electron chi connectivity index (χ4n) is 4.21. The van der Waals surface area contributed by atoms with Crippen LogP contribution in [-0.2, 0) is 16.1 Å². The monoisotopic (exact) mass is 456 g/mol. The third-order valence-electron chi connectivity index (χ3n) is 5.81. The molecule has 5 nitrogen and oxygen atoms in total. The number of pyridine rings is 1. The maximum Gasteiger partial charge on any atom is 0.337 e. The predicted molar refractivity (Wildman–Crippen MR) is 131 cm³/mol. The van der Waals surface area contributed by atoms with Crippen molar-refractivity contribution >= 4 is 28.6 Å². The molecular formula is C26H33ClN2O3. The lowest BCUT2D eigenvalue weighted by Crippen LogP contribution is -2.28. The van der Waals surface area contributed by atoms with E-state index in [1.807, 2.05) is 52.0 Å². The normalized spacial score (nSPS) is 13.0. The van der Waals surface area contributed by atoms with E-state index >= 15 is 0 Å². The summed E-state index contributed by atoms with van der Waals surface area (Å²) in [4.78, 5) is 17.4. The van der Waals surface area contributed by atoms with Crippen LogP contribution in [0.3, 0.4) is 0 Å². The fraction of sp³-hybridized carbons (Fsp3) is 0.462. The summed E-state index contributed by atoms with van der Waals surface area (Å²) in [5.41, 5.74) is 5.52. The second-order valence-corrected chi connectivity index (χ2v) is 9.79. The van der Waals surface area contributed by atoms with Crippen LogP contribution in [0.1, 0.15) is 69.2 Å². The molecule has 0 saturated heterocycles. The minimum atomic E-state index is -1.14. The van der Waals surface area contributed by atoms with Crippen molar-refractivity contribution in [2.45, 2.75) is 79.6 Å². The first kappa shape index (κ1) is 24.3. The number of aliphatic carboxylic acids is 1. The highest BCUT2D eigenvalue weighted by Crippen LogP contribution is 2.42. The summed E-state index contributed by atoms with van der Waals surface area (Å²) in [6.07, 6.45) is 0.990. The van der Waals surface area contributed by atoms with Crippen LogP contribution in [0.25, 0.3) is 22.2 Å². The number of aromatic nitrogens is 2. The number of hydrogen-bond donors (Lipinski definition) is 1. The number of fused-ring (bicyclic) bond motifs is 1. The second-order valence-electron chi connectivity index (χ2n) is 9.36. The second kappa shape index (κ2) is 9.24. The first-order valence-electron chi connectivity index (χ1n) is 11.1. The summed E-state index contributed by atoms with van der Waals surface area (Å²) in [5, 5.41) is 11.8. The average Bonchev–Trinajstić information content (AvgIpc) is 2.93. The van der Waals surface area contributed by atoms with Gasteiger partial charge in [0, 0.05) is 39.5 Å². The molecule has 0 fully saturated rings. The molecular weight excluding hydrogens is 424 g/mol. The zero-order valence-electron chi connectivity index (χ0n) is 20.0. The number of carboxylic acids is 1. The van der Waals surface area contributed by atoms with Crippen molar-refractivity contribution < 1.29 is 14.6 Å². The van der Waals surface area contributed by atoms with Gasteiger partial charge in [-0.25, -0.2) is 9.78 Å². The number of halogens is 1. The van der Waals surface area contributed by atoms with E-state index in [0.717, 1.165) is 52.8 Å². The highest BCUT2D eigenvalue weighted by Gasteiger charge is 2.33. The number of aryl methyl sites for hydroxylation is 3. The van der Waals surface area contributed by atoms with Crippen molar-refractivity contribution in [2.24, 2.45) is 0 Å². The van der Waals surface area contributed by atoms with Gasteiger partial charge in [-0.05, 0) is 71.2 Å². The molecule has 0 aliphatic heterocycles. The molecule has 0 saturated carbocycles. The summed E-state index contributed by atoms with van der Waals surface area (Å²) in [7, 11) is 0. The molecule has 0 amide bonds. The van der Waals surface area contributed by atoms with Crippen LogP contribution in [0.2, 0.25) is 5.02 Å². The van der Waals surface area contributed by atoms with E-state index in [2.05, 4.69) is 25.3 Å². The van der Waals surface area contributed by atoms with E-state index in [9.17, 15) is 9.90 Å². The van der Waals surface area contributed by atoms with E-state index in [-0.39, 0.29) is 0 Å². The summed E-state index contributed by atoms with van der Waals surface area (Å²) in [5.74, 6) is -1.03. The number of rotatable bonds is 7. The summed E-state index contributed by atoms with van der Waals surface area (Å²) in [6, 6.07) is 7.54. The lowest BCUT2D eigenvalue weighted by atomic mass is 9.91. The molecule has 2 heterocycles. The van der Waals surface area contributed by atoms with Gasteiger partial charge in [-0.15, -0.1) is 0 Å². The number of ether oxygens (including phenoxy) is 1. The van der Waals surface area contributed by atoms with E-state index in [1.54, 1.807) is 0 Å². The van der Waals surface area contributed by atoms with Gasteiger partial charge in [-0.3, -0.25) is 0 Å². The number of benzene rings is 1.